The molecule has 1 unspecified atom stereocenters. The van der Waals surface area contributed by atoms with E-state index in [0.29, 0.717) is 11.1 Å². The number of benzene rings is 1. The van der Waals surface area contributed by atoms with E-state index in [9.17, 15) is 18.0 Å². The number of carboxylic acid groups (broad SMARTS) is 1. The number of hydrogen-bond acceptors (Lipinski definition) is 5. The van der Waals surface area contributed by atoms with Crippen LogP contribution in [0.5, 0.6) is 0 Å². The average Bonchev–Trinajstić information content (AvgIpc) is 2.45. The van der Waals surface area contributed by atoms with E-state index in [1.165, 1.54) is 24.3 Å². The standard InChI is InChI=1S/C15H21NO6S/c1-4-22-15(19)12-7-5-11(6-8-12)9-23(20,21)16-13(10(2)3)14(17)18/h5-8,10,13,16H,4,9H2,1-3H3,(H,17,18). The molecule has 0 bridgehead atoms. The molecule has 0 amide bonds. The van der Waals surface area contributed by atoms with Gasteiger partial charge in [0.25, 0.3) is 0 Å². The number of carboxylic acids is 1. The minimum Gasteiger partial charge on any atom is -0.480 e. The van der Waals surface area contributed by atoms with E-state index in [-0.39, 0.29) is 18.3 Å². The van der Waals surface area contributed by atoms with Crippen molar-refractivity contribution in [2.45, 2.75) is 32.6 Å². The summed E-state index contributed by atoms with van der Waals surface area (Å²) in [6, 6.07) is 4.76. The molecule has 1 atom stereocenters. The number of ether oxygens (including phenoxy) is 1. The molecule has 2 N–H and O–H groups in total. The Morgan fingerprint density at radius 2 is 1.78 bits per heavy atom. The van der Waals surface area contributed by atoms with Gasteiger partial charge in [0.05, 0.1) is 17.9 Å². The van der Waals surface area contributed by atoms with E-state index in [4.69, 9.17) is 9.84 Å². The molecule has 1 aromatic carbocycles. The van der Waals surface area contributed by atoms with Crippen molar-refractivity contribution in [2.75, 3.05) is 6.61 Å². The molecule has 1 aromatic rings. The summed E-state index contributed by atoms with van der Waals surface area (Å²) in [5.41, 5.74) is 0.769. The number of hydrogen-bond donors (Lipinski definition) is 2. The molecule has 128 valence electrons. The van der Waals surface area contributed by atoms with E-state index in [1.54, 1.807) is 20.8 Å². The van der Waals surface area contributed by atoms with Crippen molar-refractivity contribution in [3.63, 3.8) is 0 Å². The maximum atomic E-state index is 12.1. The molecular weight excluding hydrogens is 322 g/mol. The van der Waals surface area contributed by atoms with Crippen molar-refractivity contribution in [3.05, 3.63) is 35.4 Å². The number of carbonyl (C=O) groups is 2. The number of carbonyl (C=O) groups excluding carboxylic acids is 1. The molecule has 0 aliphatic carbocycles. The van der Waals surface area contributed by atoms with Crippen LogP contribution in [0.15, 0.2) is 24.3 Å². The maximum absolute atomic E-state index is 12.1. The van der Waals surface area contributed by atoms with Crippen LogP contribution in [0.3, 0.4) is 0 Å². The normalized spacial score (nSPS) is 12.9. The van der Waals surface area contributed by atoms with Gasteiger partial charge in [0, 0.05) is 0 Å². The van der Waals surface area contributed by atoms with Crippen LogP contribution in [0.4, 0.5) is 0 Å². The highest BCUT2D eigenvalue weighted by Crippen LogP contribution is 2.11. The second-order valence-corrected chi connectivity index (χ2v) is 7.11. The van der Waals surface area contributed by atoms with Crippen molar-refractivity contribution in [3.8, 4) is 0 Å². The molecule has 0 saturated carbocycles. The van der Waals surface area contributed by atoms with Crippen molar-refractivity contribution < 1.29 is 27.9 Å². The lowest BCUT2D eigenvalue weighted by Crippen LogP contribution is -2.44. The summed E-state index contributed by atoms with van der Waals surface area (Å²) in [6.07, 6.45) is 0. The quantitative estimate of drug-likeness (QED) is 0.690. The fraction of sp³-hybridized carbons (Fsp3) is 0.467. The van der Waals surface area contributed by atoms with Crippen LogP contribution in [0, 0.1) is 5.92 Å². The zero-order chi connectivity index (χ0) is 17.6. The number of aliphatic carboxylic acids is 1. The smallest absolute Gasteiger partial charge is 0.338 e. The summed E-state index contributed by atoms with van der Waals surface area (Å²) in [5.74, 6) is -2.45. The third kappa shape index (κ3) is 5.99. The Morgan fingerprint density at radius 1 is 1.22 bits per heavy atom. The van der Waals surface area contributed by atoms with Gasteiger partial charge in [0.15, 0.2) is 0 Å². The number of sulfonamides is 1. The largest absolute Gasteiger partial charge is 0.480 e. The van der Waals surface area contributed by atoms with Gasteiger partial charge in [-0.25, -0.2) is 17.9 Å². The van der Waals surface area contributed by atoms with E-state index in [1.807, 2.05) is 0 Å². The second-order valence-electron chi connectivity index (χ2n) is 5.35. The van der Waals surface area contributed by atoms with Gasteiger partial charge in [-0.1, -0.05) is 26.0 Å². The first-order valence-corrected chi connectivity index (χ1v) is 8.80. The number of nitrogens with one attached hydrogen (secondary N) is 1. The van der Waals surface area contributed by atoms with Crippen molar-refractivity contribution in [1.29, 1.82) is 0 Å². The van der Waals surface area contributed by atoms with Crippen LogP contribution in [-0.2, 0) is 25.3 Å². The van der Waals surface area contributed by atoms with Crippen LogP contribution < -0.4 is 4.72 Å². The summed E-state index contributed by atoms with van der Waals surface area (Å²) in [4.78, 5) is 22.6. The second kappa shape index (κ2) is 8.07. The molecular formula is C15H21NO6S. The van der Waals surface area contributed by atoms with Crippen LogP contribution in [0.1, 0.15) is 36.7 Å². The first-order valence-electron chi connectivity index (χ1n) is 7.15. The topological polar surface area (TPSA) is 110 Å². The predicted octanol–water partition coefficient (Wildman–Crippen LogP) is 1.39. The molecule has 0 aliphatic rings. The maximum Gasteiger partial charge on any atom is 0.338 e. The van der Waals surface area contributed by atoms with E-state index in [2.05, 4.69) is 4.72 Å². The molecule has 8 heteroatoms. The molecule has 0 saturated heterocycles. The lowest BCUT2D eigenvalue weighted by Gasteiger charge is -2.18. The van der Waals surface area contributed by atoms with Crippen LogP contribution in [0.2, 0.25) is 0 Å². The molecule has 1 rings (SSSR count). The van der Waals surface area contributed by atoms with Crippen molar-refractivity contribution >= 4 is 22.0 Å². The zero-order valence-electron chi connectivity index (χ0n) is 13.3. The third-order valence-corrected chi connectivity index (χ3v) is 4.39. The molecule has 23 heavy (non-hydrogen) atoms. The van der Waals surface area contributed by atoms with Gasteiger partial charge in [0.2, 0.25) is 10.0 Å². The number of rotatable bonds is 8. The fourth-order valence-corrected chi connectivity index (χ4v) is 3.35. The van der Waals surface area contributed by atoms with Gasteiger partial charge in [0.1, 0.15) is 6.04 Å². The Hall–Kier alpha value is -1.93. The predicted molar refractivity (Wildman–Crippen MR) is 84.4 cm³/mol. The lowest BCUT2D eigenvalue weighted by molar-refractivity contribution is -0.140. The van der Waals surface area contributed by atoms with Crippen molar-refractivity contribution in [2.24, 2.45) is 5.92 Å². The van der Waals surface area contributed by atoms with Gasteiger partial charge < -0.3 is 9.84 Å². The zero-order valence-corrected chi connectivity index (χ0v) is 14.1. The first-order chi connectivity index (χ1) is 10.7. The molecule has 7 nitrogen and oxygen atoms in total. The Balaban J connectivity index is 2.81. The number of esters is 1. The highest BCUT2D eigenvalue weighted by atomic mass is 32.2. The Bertz CT molecular complexity index is 651. The van der Waals surface area contributed by atoms with Crippen LogP contribution in [0.25, 0.3) is 0 Å². The highest BCUT2D eigenvalue weighted by Gasteiger charge is 2.27. The third-order valence-electron chi connectivity index (χ3n) is 3.06. The Morgan fingerprint density at radius 3 is 2.22 bits per heavy atom. The molecule has 0 aliphatic heterocycles. The summed E-state index contributed by atoms with van der Waals surface area (Å²) < 4.78 is 31.2. The first kappa shape index (κ1) is 19.1. The van der Waals surface area contributed by atoms with Gasteiger partial charge in [-0.3, -0.25) is 4.79 Å². The average molecular weight is 343 g/mol. The van der Waals surface area contributed by atoms with Gasteiger partial charge >= 0.3 is 11.9 Å². The van der Waals surface area contributed by atoms with Crippen LogP contribution in [-0.4, -0.2) is 38.1 Å². The monoisotopic (exact) mass is 343 g/mol. The Labute approximate surface area is 135 Å². The van der Waals surface area contributed by atoms with Gasteiger partial charge in [-0.2, -0.15) is 0 Å². The van der Waals surface area contributed by atoms with E-state index in [0.717, 1.165) is 0 Å². The fourth-order valence-electron chi connectivity index (χ4n) is 1.88. The summed E-state index contributed by atoms with van der Waals surface area (Å²) in [5, 5.41) is 9.04. The van der Waals surface area contributed by atoms with E-state index >= 15 is 0 Å². The molecule has 0 heterocycles. The van der Waals surface area contributed by atoms with Gasteiger partial charge in [-0.05, 0) is 30.5 Å². The van der Waals surface area contributed by atoms with E-state index < -0.39 is 28.0 Å². The Kier molecular flexibility index (Phi) is 6.71. The molecule has 0 aromatic heterocycles. The lowest BCUT2D eigenvalue weighted by atomic mass is 10.1. The summed E-state index contributed by atoms with van der Waals surface area (Å²) >= 11 is 0. The highest BCUT2D eigenvalue weighted by molar-refractivity contribution is 7.88. The minimum absolute atomic E-state index is 0.255. The summed E-state index contributed by atoms with van der Waals surface area (Å²) in [7, 11) is -3.81. The summed E-state index contributed by atoms with van der Waals surface area (Å²) in [6.45, 7) is 5.19. The minimum atomic E-state index is -3.81. The molecule has 0 spiro atoms. The molecule has 0 fully saturated rings. The van der Waals surface area contributed by atoms with Crippen molar-refractivity contribution in [1.82, 2.24) is 4.72 Å². The SMILES string of the molecule is CCOC(=O)c1ccc(CS(=O)(=O)NC(C(=O)O)C(C)C)cc1. The van der Waals surface area contributed by atoms with Crippen LogP contribution >= 0.6 is 0 Å². The molecule has 0 radical (unpaired) electrons. The van der Waals surface area contributed by atoms with Gasteiger partial charge in [-0.15, -0.1) is 0 Å².